The first-order chi connectivity index (χ1) is 25.9. The smallest absolute Gasteiger partial charge is 0.201 e. The summed E-state index contributed by atoms with van der Waals surface area (Å²) in [5.74, 6) is -5.72. The van der Waals surface area contributed by atoms with Crippen molar-refractivity contribution in [1.82, 2.24) is 0 Å². The van der Waals surface area contributed by atoms with Gasteiger partial charge in [-0.2, -0.15) is 0 Å². The minimum atomic E-state index is -0.806. The van der Waals surface area contributed by atoms with Crippen LogP contribution in [0.3, 0.4) is 0 Å². The average Bonchev–Trinajstić information content (AvgIpc) is 3.58. The Morgan fingerprint density at radius 3 is 1.87 bits per heavy atom. The molecule has 14 heteroatoms. The van der Waals surface area contributed by atoms with E-state index in [2.05, 4.69) is 21.7 Å². The molecule has 11 nitrogen and oxygen atoms in total. The van der Waals surface area contributed by atoms with Gasteiger partial charge in [0.15, 0.2) is 40.4 Å². The number of nitrogens with zero attached hydrogens (tertiary/aromatic N) is 3. The van der Waals surface area contributed by atoms with Crippen LogP contribution in [0.2, 0.25) is 0 Å². The summed E-state index contributed by atoms with van der Waals surface area (Å²) in [5, 5.41) is 87.0. The summed E-state index contributed by atoms with van der Waals surface area (Å²) in [4.78, 5) is 13.1. The quantitative estimate of drug-likeness (QED) is 0.0350. The lowest BCUT2D eigenvalue weighted by atomic mass is 9.81. The standard InChI is InChI=1S/C40H27B2N3O8S/c1-43-40(45-39(19-11-6-3-7-12-19)44-17-23-28(41)35(51)36(52)29(42)30(23)46)22-16-24-26(33(49)31(22)47)27-34(50)37(53)32(48)25(38(27)54-24)21-14-8-13-20(15-21)18-9-4-2-5-10-18/h2-16,46-53H,1,17H2. The molecule has 1 aromatic heterocycles. The fourth-order valence-corrected chi connectivity index (χ4v) is 7.50. The molecule has 8 N–H and O–H groups in total. The van der Waals surface area contributed by atoms with Gasteiger partial charge >= 0.3 is 0 Å². The first-order valence-corrected chi connectivity index (χ1v) is 16.9. The van der Waals surface area contributed by atoms with Crippen LogP contribution in [0, 0.1) is 0 Å². The topological polar surface area (TPSA) is 199 Å². The van der Waals surface area contributed by atoms with E-state index in [1.165, 1.54) is 6.07 Å². The van der Waals surface area contributed by atoms with Crippen LogP contribution < -0.4 is 10.9 Å². The lowest BCUT2D eigenvalue weighted by Crippen LogP contribution is -2.19. The molecular weight excluding hydrogens is 704 g/mol. The number of aliphatic imine (C=N–C) groups is 3. The largest absolute Gasteiger partial charge is 0.508 e. The van der Waals surface area contributed by atoms with Crippen molar-refractivity contribution in [2.45, 2.75) is 6.54 Å². The van der Waals surface area contributed by atoms with Gasteiger partial charge in [-0.05, 0) is 46.5 Å². The van der Waals surface area contributed by atoms with Crippen molar-refractivity contribution in [2.24, 2.45) is 15.0 Å². The molecule has 0 spiro atoms. The zero-order chi connectivity index (χ0) is 38.4. The summed E-state index contributed by atoms with van der Waals surface area (Å²) in [7, 11) is 11.7. The Morgan fingerprint density at radius 2 is 1.19 bits per heavy atom. The van der Waals surface area contributed by atoms with E-state index >= 15 is 0 Å². The molecule has 6 aromatic carbocycles. The molecule has 0 saturated carbocycles. The number of aromatic hydroxyl groups is 8. The number of hydrogen-bond donors (Lipinski definition) is 8. The van der Waals surface area contributed by atoms with Gasteiger partial charge in [0.05, 0.1) is 22.2 Å². The summed E-state index contributed by atoms with van der Waals surface area (Å²) in [6.07, 6.45) is 0. The van der Waals surface area contributed by atoms with Gasteiger partial charge in [0.2, 0.25) is 5.75 Å². The van der Waals surface area contributed by atoms with Gasteiger partial charge < -0.3 is 40.9 Å². The molecule has 0 fully saturated rings. The van der Waals surface area contributed by atoms with Crippen molar-refractivity contribution in [3.05, 3.63) is 108 Å². The molecule has 262 valence electrons. The van der Waals surface area contributed by atoms with Crippen molar-refractivity contribution in [1.29, 1.82) is 0 Å². The molecule has 1 heterocycles. The number of phenolic OH excluding ortho intramolecular Hbond substituents is 8. The van der Waals surface area contributed by atoms with E-state index in [1.807, 2.05) is 42.5 Å². The Morgan fingerprint density at radius 1 is 0.574 bits per heavy atom. The zero-order valence-corrected chi connectivity index (χ0v) is 28.9. The molecule has 0 saturated heterocycles. The van der Waals surface area contributed by atoms with E-state index in [4.69, 9.17) is 15.7 Å². The SMILES string of the molecule is [B]c1c(O)c(O)c([B])c(CN=C(N=C(N=C)c2cc3sc4c(-c5cccc(-c6ccccc6)c5)c(O)c(O)c(O)c4c3c(O)c2O)c2ccccc2)c1O. The first-order valence-electron chi connectivity index (χ1n) is 16.1. The Hall–Kier alpha value is -6.92. The maximum atomic E-state index is 11.5. The van der Waals surface area contributed by atoms with Crippen LogP contribution in [0.5, 0.6) is 46.0 Å². The Labute approximate surface area is 313 Å². The van der Waals surface area contributed by atoms with E-state index in [1.54, 1.807) is 42.5 Å². The maximum Gasteiger partial charge on any atom is 0.201 e. The summed E-state index contributed by atoms with van der Waals surface area (Å²) < 4.78 is 0.624. The highest BCUT2D eigenvalue weighted by Crippen LogP contribution is 2.57. The molecule has 0 atom stereocenters. The monoisotopic (exact) mass is 731 g/mol. The van der Waals surface area contributed by atoms with Crippen LogP contribution in [0.1, 0.15) is 16.7 Å². The predicted molar refractivity (Wildman–Crippen MR) is 214 cm³/mol. The molecule has 54 heavy (non-hydrogen) atoms. The number of amidine groups is 2. The van der Waals surface area contributed by atoms with E-state index in [0.717, 1.165) is 22.5 Å². The van der Waals surface area contributed by atoms with Crippen molar-refractivity contribution < 1.29 is 40.9 Å². The third-order valence-corrected chi connectivity index (χ3v) is 10.1. The minimum Gasteiger partial charge on any atom is -0.508 e. The van der Waals surface area contributed by atoms with Crippen molar-refractivity contribution in [3.63, 3.8) is 0 Å². The van der Waals surface area contributed by atoms with E-state index in [0.29, 0.717) is 20.5 Å². The number of benzene rings is 6. The van der Waals surface area contributed by atoms with Crippen molar-refractivity contribution >= 4 is 76.5 Å². The van der Waals surface area contributed by atoms with Gasteiger partial charge in [-0.25, -0.2) is 9.98 Å². The predicted octanol–water partition coefficient (Wildman–Crippen LogP) is 5.72. The van der Waals surface area contributed by atoms with Gasteiger partial charge in [0.25, 0.3) is 0 Å². The van der Waals surface area contributed by atoms with Crippen LogP contribution in [0.15, 0.2) is 106 Å². The molecule has 7 rings (SSSR count). The van der Waals surface area contributed by atoms with Crippen LogP contribution in [-0.2, 0) is 6.54 Å². The second-order valence-electron chi connectivity index (χ2n) is 12.1. The minimum absolute atomic E-state index is 0.000512. The zero-order valence-electron chi connectivity index (χ0n) is 28.1. The lowest BCUT2D eigenvalue weighted by Gasteiger charge is -2.14. The molecule has 4 radical (unpaired) electrons. The second-order valence-corrected chi connectivity index (χ2v) is 13.2. The number of rotatable bonds is 6. The summed E-state index contributed by atoms with van der Waals surface area (Å²) in [6.45, 7) is 3.24. The van der Waals surface area contributed by atoms with Crippen LogP contribution in [0.4, 0.5) is 0 Å². The first kappa shape index (κ1) is 35.5. The molecular formula is C40H27B2N3O8S. The number of thiophene rings is 1. The fourth-order valence-electron chi connectivity index (χ4n) is 6.19. The van der Waals surface area contributed by atoms with E-state index in [-0.39, 0.29) is 51.1 Å². The van der Waals surface area contributed by atoms with Gasteiger partial charge in [-0.15, -0.1) is 11.3 Å². The second kappa shape index (κ2) is 13.9. The van der Waals surface area contributed by atoms with E-state index < -0.39 is 51.5 Å². The van der Waals surface area contributed by atoms with Gasteiger partial charge in [-0.1, -0.05) is 78.9 Å². The van der Waals surface area contributed by atoms with Gasteiger partial charge in [-0.3, -0.25) is 4.99 Å². The number of phenols is 8. The third kappa shape index (κ3) is 5.88. The highest BCUT2D eigenvalue weighted by Gasteiger charge is 2.28. The molecule has 0 amide bonds. The Kier molecular flexibility index (Phi) is 9.13. The summed E-state index contributed by atoms with van der Waals surface area (Å²) >= 11 is 1.07. The van der Waals surface area contributed by atoms with Gasteiger partial charge in [0.1, 0.15) is 27.2 Å². The molecule has 0 bridgehead atoms. The fraction of sp³-hybridized carbons (Fsp3) is 0.0250. The summed E-state index contributed by atoms with van der Waals surface area (Å²) in [5.41, 5.74) is 1.87. The molecule has 0 aliphatic heterocycles. The molecule has 7 aromatic rings. The van der Waals surface area contributed by atoms with Gasteiger partial charge in [0, 0.05) is 26.8 Å². The van der Waals surface area contributed by atoms with Crippen LogP contribution in [-0.4, -0.2) is 74.9 Å². The van der Waals surface area contributed by atoms with Crippen LogP contribution >= 0.6 is 11.3 Å². The van der Waals surface area contributed by atoms with Crippen molar-refractivity contribution in [2.75, 3.05) is 0 Å². The third-order valence-electron chi connectivity index (χ3n) is 8.96. The summed E-state index contributed by atoms with van der Waals surface area (Å²) in [6, 6.07) is 26.8. The number of hydrogen-bond acceptors (Lipinski definition) is 10. The Bertz CT molecular complexity index is 2690. The van der Waals surface area contributed by atoms with Crippen molar-refractivity contribution in [3.8, 4) is 68.2 Å². The maximum absolute atomic E-state index is 11.5. The molecule has 0 unspecified atom stereocenters. The average molecular weight is 731 g/mol. The van der Waals surface area contributed by atoms with E-state index in [9.17, 15) is 40.9 Å². The Balaban J connectivity index is 1.41. The lowest BCUT2D eigenvalue weighted by molar-refractivity contribution is 0.372. The highest BCUT2D eigenvalue weighted by atomic mass is 32.1. The number of fused-ring (bicyclic) bond motifs is 3. The molecule has 0 aliphatic rings. The van der Waals surface area contributed by atoms with Crippen LogP contribution in [0.25, 0.3) is 42.4 Å². The highest BCUT2D eigenvalue weighted by molar-refractivity contribution is 7.26. The molecule has 0 aliphatic carbocycles. The normalized spacial score (nSPS) is 12.1.